The number of likely N-dealkylation sites (tertiary alicyclic amines) is 1. The van der Waals surface area contributed by atoms with E-state index in [1.807, 2.05) is 24.0 Å². The molecule has 0 unspecified atom stereocenters. The number of carbonyl (C=O) groups excluding carboxylic acids is 1. The highest BCUT2D eigenvalue weighted by atomic mass is 31.2. The molecule has 2 saturated carbocycles. The number of halogens is 1. The molecular formula is C33H44FN2O6P. The molecule has 234 valence electrons. The minimum absolute atomic E-state index is 0.0949. The molecule has 6 rings (SSSR count). The van der Waals surface area contributed by atoms with E-state index in [-0.39, 0.29) is 23.6 Å². The molecule has 0 aromatic heterocycles. The second-order valence-corrected chi connectivity index (χ2v) is 15.1. The SMILES string of the molecule is CCOc1cc(-c2ccc(F)cc2)c(C2CC2)cc1CN1CCC2(CC1)CN([C@H]1CC[C@H](P(=O)(OC)OC)CC1)C(=O)O2. The maximum absolute atomic E-state index is 13.6. The van der Waals surface area contributed by atoms with Gasteiger partial charge in [0.05, 0.1) is 18.8 Å². The summed E-state index contributed by atoms with van der Waals surface area (Å²) in [6.45, 7) is 5.63. The lowest BCUT2D eigenvalue weighted by atomic mass is 9.88. The van der Waals surface area contributed by atoms with Crippen LogP contribution in [0.5, 0.6) is 5.75 Å². The molecule has 2 aliphatic heterocycles. The lowest BCUT2D eigenvalue weighted by Gasteiger charge is -2.39. The maximum atomic E-state index is 13.6. The van der Waals surface area contributed by atoms with Gasteiger partial charge in [0.2, 0.25) is 0 Å². The molecule has 8 nitrogen and oxygen atoms in total. The number of hydrogen-bond acceptors (Lipinski definition) is 7. The van der Waals surface area contributed by atoms with E-state index < -0.39 is 13.2 Å². The van der Waals surface area contributed by atoms with Crippen molar-refractivity contribution in [3.8, 4) is 16.9 Å². The van der Waals surface area contributed by atoms with Crippen molar-refractivity contribution in [3.63, 3.8) is 0 Å². The van der Waals surface area contributed by atoms with Crippen LogP contribution in [0.15, 0.2) is 36.4 Å². The smallest absolute Gasteiger partial charge is 0.410 e. The summed E-state index contributed by atoms with van der Waals surface area (Å²) in [5, 5.41) is 0. The second-order valence-electron chi connectivity index (χ2n) is 12.6. The molecular weight excluding hydrogens is 570 g/mol. The number of hydrogen-bond donors (Lipinski definition) is 0. The Balaban J connectivity index is 1.10. The molecule has 2 aliphatic carbocycles. The lowest BCUT2D eigenvalue weighted by Crippen LogP contribution is -2.48. The summed E-state index contributed by atoms with van der Waals surface area (Å²) in [5.41, 5.74) is 4.07. The number of nitrogens with zero attached hydrogens (tertiary/aromatic N) is 2. The number of amides is 1. The average Bonchev–Trinajstić information content (AvgIpc) is 3.82. The molecule has 43 heavy (non-hydrogen) atoms. The summed E-state index contributed by atoms with van der Waals surface area (Å²) in [4.78, 5) is 17.4. The Kier molecular flexibility index (Phi) is 8.89. The molecule has 0 radical (unpaired) electrons. The van der Waals surface area contributed by atoms with Crippen LogP contribution in [0.25, 0.3) is 11.1 Å². The van der Waals surface area contributed by atoms with Crippen molar-refractivity contribution in [1.82, 2.24) is 9.80 Å². The fraction of sp³-hybridized carbons (Fsp3) is 0.606. The molecule has 4 aliphatic rings. The average molecular weight is 615 g/mol. The van der Waals surface area contributed by atoms with Gasteiger partial charge >= 0.3 is 13.7 Å². The zero-order valence-corrected chi connectivity index (χ0v) is 26.5. The highest BCUT2D eigenvalue weighted by Crippen LogP contribution is 2.56. The Morgan fingerprint density at radius 2 is 1.67 bits per heavy atom. The standard InChI is InChI=1S/C33H44FN2O6P/c1-4-41-31-20-30(24-7-9-26(34)10-8-24)29(23-5-6-23)19-25(31)21-35-17-15-33(16-18-35)22-36(32(37)42-33)27-11-13-28(14-12-27)43(38,39-2)40-3/h7-10,19-20,23,27-28H,4-6,11-18,21-22H2,1-3H3/t27-,28-. The minimum atomic E-state index is -3.10. The monoisotopic (exact) mass is 614 g/mol. The summed E-state index contributed by atoms with van der Waals surface area (Å²) in [5.74, 6) is 1.19. The van der Waals surface area contributed by atoms with E-state index in [9.17, 15) is 13.8 Å². The minimum Gasteiger partial charge on any atom is -0.494 e. The van der Waals surface area contributed by atoms with E-state index in [1.54, 1.807) is 0 Å². The first-order chi connectivity index (χ1) is 20.8. The number of benzene rings is 2. The van der Waals surface area contributed by atoms with Crippen molar-refractivity contribution in [3.05, 3.63) is 53.3 Å². The van der Waals surface area contributed by atoms with E-state index >= 15 is 0 Å². The van der Waals surface area contributed by atoms with Crippen molar-refractivity contribution in [2.75, 3.05) is 40.5 Å². The molecule has 0 N–H and O–H groups in total. The number of piperidine rings is 1. The van der Waals surface area contributed by atoms with Crippen molar-refractivity contribution in [2.24, 2.45) is 0 Å². The molecule has 10 heteroatoms. The number of rotatable bonds is 10. The van der Waals surface area contributed by atoms with Gasteiger partial charge in [-0.05, 0) is 92.3 Å². The Labute approximate surface area is 254 Å². The van der Waals surface area contributed by atoms with Gasteiger partial charge in [0, 0.05) is 58.3 Å². The molecule has 1 spiro atoms. The third-order valence-electron chi connectivity index (χ3n) is 9.93. The quantitative estimate of drug-likeness (QED) is 0.259. The van der Waals surface area contributed by atoms with Crippen LogP contribution >= 0.6 is 7.60 Å². The van der Waals surface area contributed by atoms with Gasteiger partial charge in [-0.15, -0.1) is 0 Å². The third-order valence-corrected chi connectivity index (χ3v) is 12.4. The fourth-order valence-electron chi connectivity index (χ4n) is 7.28. The first kappa shape index (κ1) is 30.6. The van der Waals surface area contributed by atoms with Crippen molar-refractivity contribution < 1.29 is 32.3 Å². The van der Waals surface area contributed by atoms with Crippen molar-refractivity contribution in [1.29, 1.82) is 0 Å². The fourth-order valence-corrected chi connectivity index (χ4v) is 8.95. The van der Waals surface area contributed by atoms with Gasteiger partial charge in [-0.3, -0.25) is 9.46 Å². The van der Waals surface area contributed by atoms with Crippen molar-refractivity contribution in [2.45, 2.75) is 88.1 Å². The topological polar surface area (TPSA) is 77.5 Å². The summed E-state index contributed by atoms with van der Waals surface area (Å²) in [7, 11) is -0.213. The Hall–Kier alpha value is -2.45. The zero-order valence-electron chi connectivity index (χ0n) is 25.6. The molecule has 4 fully saturated rings. The van der Waals surface area contributed by atoms with Gasteiger partial charge in [0.25, 0.3) is 0 Å². The van der Waals surface area contributed by atoms with E-state index in [4.69, 9.17) is 18.5 Å². The Morgan fingerprint density at radius 1 is 1.00 bits per heavy atom. The molecule has 0 bridgehead atoms. The van der Waals surface area contributed by atoms with E-state index in [0.717, 1.165) is 62.2 Å². The molecule has 2 aromatic rings. The van der Waals surface area contributed by atoms with Crippen LogP contribution in [0.4, 0.5) is 9.18 Å². The van der Waals surface area contributed by atoms with Crippen LogP contribution in [0.3, 0.4) is 0 Å². The summed E-state index contributed by atoms with van der Waals surface area (Å²) >= 11 is 0. The summed E-state index contributed by atoms with van der Waals surface area (Å²) < 4.78 is 49.2. The Bertz CT molecular complexity index is 1340. The highest BCUT2D eigenvalue weighted by molar-refractivity contribution is 7.54. The molecule has 1 amide bonds. The number of carbonyl (C=O) groups is 1. The first-order valence-corrected chi connectivity index (χ1v) is 17.4. The van der Waals surface area contributed by atoms with Crippen LogP contribution in [0.1, 0.15) is 75.3 Å². The van der Waals surface area contributed by atoms with Gasteiger partial charge in [-0.1, -0.05) is 12.1 Å². The van der Waals surface area contributed by atoms with Gasteiger partial charge in [0.1, 0.15) is 17.2 Å². The molecule has 2 heterocycles. The lowest BCUT2D eigenvalue weighted by molar-refractivity contribution is -0.00151. The predicted octanol–water partition coefficient (Wildman–Crippen LogP) is 7.35. The van der Waals surface area contributed by atoms with Gasteiger partial charge in [0.15, 0.2) is 0 Å². The van der Waals surface area contributed by atoms with Gasteiger partial charge < -0.3 is 23.4 Å². The van der Waals surface area contributed by atoms with Crippen molar-refractivity contribution >= 4 is 13.7 Å². The van der Waals surface area contributed by atoms with Gasteiger partial charge in [-0.2, -0.15) is 0 Å². The Morgan fingerprint density at radius 3 is 2.28 bits per heavy atom. The van der Waals surface area contributed by atoms with Crippen LogP contribution in [0, 0.1) is 5.82 Å². The highest BCUT2D eigenvalue weighted by Gasteiger charge is 2.50. The predicted molar refractivity (Wildman–Crippen MR) is 163 cm³/mol. The van der Waals surface area contributed by atoms with E-state index in [1.165, 1.54) is 50.3 Å². The largest absolute Gasteiger partial charge is 0.494 e. The normalized spacial score (nSPS) is 24.4. The van der Waals surface area contributed by atoms with Crippen LogP contribution in [0.2, 0.25) is 0 Å². The van der Waals surface area contributed by atoms with E-state index in [0.29, 0.717) is 31.9 Å². The summed E-state index contributed by atoms with van der Waals surface area (Å²) in [6.07, 6.45) is 6.68. The molecule has 2 aromatic carbocycles. The zero-order chi connectivity index (χ0) is 30.2. The maximum Gasteiger partial charge on any atom is 0.410 e. The van der Waals surface area contributed by atoms with Crippen LogP contribution < -0.4 is 4.74 Å². The summed E-state index contributed by atoms with van der Waals surface area (Å²) in [6, 6.07) is 11.3. The molecule has 0 atom stereocenters. The first-order valence-electron chi connectivity index (χ1n) is 15.7. The van der Waals surface area contributed by atoms with Crippen LogP contribution in [-0.2, 0) is 24.9 Å². The number of ether oxygens (including phenoxy) is 2. The van der Waals surface area contributed by atoms with Crippen LogP contribution in [-0.4, -0.2) is 73.7 Å². The molecule has 2 saturated heterocycles. The van der Waals surface area contributed by atoms with Gasteiger partial charge in [-0.25, -0.2) is 9.18 Å². The second kappa shape index (κ2) is 12.5. The third kappa shape index (κ3) is 6.37. The van der Waals surface area contributed by atoms with E-state index in [2.05, 4.69) is 17.0 Å².